The van der Waals surface area contributed by atoms with Crippen molar-refractivity contribution in [3.8, 4) is 6.07 Å². The molecular weight excluding hydrogens is 205 g/mol. The molecule has 3 heteroatoms. The van der Waals surface area contributed by atoms with E-state index in [2.05, 4.69) is 6.07 Å². The zero-order valence-electron chi connectivity index (χ0n) is 9.79. The Balaban J connectivity index is 2.94. The summed E-state index contributed by atoms with van der Waals surface area (Å²) in [4.78, 5) is 0. The molecule has 1 rings (SSSR count). The Hall–Kier alpha value is -1.40. The minimum Gasteiger partial charge on any atom is -0.388 e. The van der Waals surface area contributed by atoms with Crippen molar-refractivity contribution in [3.63, 3.8) is 0 Å². The van der Waals surface area contributed by atoms with Crippen molar-refractivity contribution in [2.24, 2.45) is 5.41 Å². The quantitative estimate of drug-likeness (QED) is 0.852. The van der Waals surface area contributed by atoms with Crippen LogP contribution >= 0.6 is 0 Å². The van der Waals surface area contributed by atoms with E-state index in [1.807, 2.05) is 0 Å². The highest BCUT2D eigenvalue weighted by atomic mass is 19.1. The van der Waals surface area contributed by atoms with Gasteiger partial charge in [0, 0.05) is 6.42 Å². The van der Waals surface area contributed by atoms with Gasteiger partial charge in [-0.05, 0) is 38.5 Å². The lowest BCUT2D eigenvalue weighted by atomic mass is 9.74. The van der Waals surface area contributed by atoms with E-state index in [9.17, 15) is 9.50 Å². The van der Waals surface area contributed by atoms with E-state index in [1.165, 1.54) is 12.1 Å². The van der Waals surface area contributed by atoms with Crippen molar-refractivity contribution >= 4 is 0 Å². The molecule has 0 fully saturated rings. The summed E-state index contributed by atoms with van der Waals surface area (Å²) in [6, 6.07) is 8.14. The molecule has 0 aliphatic carbocycles. The molecule has 0 aliphatic rings. The third-order valence-electron chi connectivity index (χ3n) is 3.06. The summed E-state index contributed by atoms with van der Waals surface area (Å²) in [5.41, 5.74) is -1.37. The molecule has 0 bridgehead atoms. The van der Waals surface area contributed by atoms with Crippen molar-refractivity contribution in [2.75, 3.05) is 0 Å². The van der Waals surface area contributed by atoms with Gasteiger partial charge in [-0.25, -0.2) is 4.39 Å². The van der Waals surface area contributed by atoms with Gasteiger partial charge in [-0.3, -0.25) is 0 Å². The average molecular weight is 221 g/mol. The maximum atomic E-state index is 13.0. The fraction of sp³-hybridized carbons (Fsp3) is 0.462. The predicted molar refractivity (Wildman–Crippen MR) is 60.1 cm³/mol. The van der Waals surface area contributed by atoms with E-state index in [1.54, 1.807) is 32.9 Å². The number of nitrogens with zero attached hydrogens (tertiary/aromatic N) is 1. The Morgan fingerprint density at radius 1 is 1.38 bits per heavy atom. The third kappa shape index (κ3) is 2.59. The van der Waals surface area contributed by atoms with Crippen molar-refractivity contribution in [1.82, 2.24) is 0 Å². The molecule has 16 heavy (non-hydrogen) atoms. The molecule has 1 aromatic carbocycles. The first kappa shape index (κ1) is 12.7. The van der Waals surface area contributed by atoms with Gasteiger partial charge in [0.15, 0.2) is 0 Å². The molecule has 0 amide bonds. The molecule has 2 nitrogen and oxygen atoms in total. The number of halogens is 1. The van der Waals surface area contributed by atoms with E-state index >= 15 is 0 Å². The van der Waals surface area contributed by atoms with Crippen LogP contribution in [0.25, 0.3) is 0 Å². The fourth-order valence-corrected chi connectivity index (χ4v) is 1.39. The topological polar surface area (TPSA) is 44.0 Å². The van der Waals surface area contributed by atoms with Crippen LogP contribution in [-0.2, 0) is 6.42 Å². The zero-order chi connectivity index (χ0) is 12.4. The Kier molecular flexibility index (Phi) is 3.35. The van der Waals surface area contributed by atoms with Crippen LogP contribution in [0.15, 0.2) is 24.3 Å². The minimum atomic E-state index is -1.18. The van der Waals surface area contributed by atoms with Crippen LogP contribution in [0.2, 0.25) is 0 Å². The first-order chi connectivity index (χ1) is 7.28. The fourth-order valence-electron chi connectivity index (χ4n) is 1.39. The highest BCUT2D eigenvalue weighted by Gasteiger charge is 2.39. The van der Waals surface area contributed by atoms with E-state index in [-0.39, 0.29) is 12.2 Å². The Bertz CT molecular complexity index is 418. The molecule has 86 valence electrons. The van der Waals surface area contributed by atoms with Crippen molar-refractivity contribution < 1.29 is 9.50 Å². The second-order valence-corrected chi connectivity index (χ2v) is 4.82. The summed E-state index contributed by atoms with van der Waals surface area (Å²) in [7, 11) is 0. The van der Waals surface area contributed by atoms with Crippen LogP contribution in [-0.4, -0.2) is 10.7 Å². The van der Waals surface area contributed by atoms with Crippen LogP contribution < -0.4 is 0 Å². The van der Waals surface area contributed by atoms with Gasteiger partial charge in [-0.2, -0.15) is 5.26 Å². The largest absolute Gasteiger partial charge is 0.388 e. The second kappa shape index (κ2) is 4.23. The molecule has 0 spiro atoms. The van der Waals surface area contributed by atoms with Gasteiger partial charge >= 0.3 is 0 Å². The normalized spacial score (nSPS) is 15.2. The molecule has 1 N–H and O–H groups in total. The molecule has 0 saturated heterocycles. The standard InChI is InChI=1S/C13H16FNO/c1-12(2,9-15)13(3,16)8-10-5-4-6-11(14)7-10/h4-7,16H,8H2,1-3H3. The van der Waals surface area contributed by atoms with Crippen LogP contribution in [0.5, 0.6) is 0 Å². The van der Waals surface area contributed by atoms with Gasteiger partial charge in [0.05, 0.1) is 17.1 Å². The predicted octanol–water partition coefficient (Wildman–Crippen LogP) is 2.67. The highest BCUT2D eigenvalue weighted by Crippen LogP contribution is 2.32. The monoisotopic (exact) mass is 221 g/mol. The number of nitriles is 1. The third-order valence-corrected chi connectivity index (χ3v) is 3.06. The van der Waals surface area contributed by atoms with Crippen LogP contribution in [0, 0.1) is 22.6 Å². The lowest BCUT2D eigenvalue weighted by molar-refractivity contribution is -0.0207. The van der Waals surface area contributed by atoms with E-state index in [4.69, 9.17) is 5.26 Å². The molecule has 0 heterocycles. The van der Waals surface area contributed by atoms with Crippen molar-refractivity contribution in [1.29, 1.82) is 5.26 Å². The molecule has 1 unspecified atom stereocenters. The summed E-state index contributed by atoms with van der Waals surface area (Å²) in [5.74, 6) is -0.330. The van der Waals surface area contributed by atoms with Gasteiger partial charge in [-0.15, -0.1) is 0 Å². The molecule has 0 radical (unpaired) electrons. The Labute approximate surface area is 95.3 Å². The lowest BCUT2D eigenvalue weighted by Gasteiger charge is -2.34. The average Bonchev–Trinajstić information content (AvgIpc) is 2.16. The molecular formula is C13H16FNO. The van der Waals surface area contributed by atoms with Gasteiger partial charge < -0.3 is 5.11 Å². The van der Waals surface area contributed by atoms with E-state index < -0.39 is 11.0 Å². The molecule has 0 aromatic heterocycles. The van der Waals surface area contributed by atoms with Crippen molar-refractivity contribution in [2.45, 2.75) is 32.8 Å². The smallest absolute Gasteiger partial charge is 0.123 e. The van der Waals surface area contributed by atoms with E-state index in [0.29, 0.717) is 5.56 Å². The van der Waals surface area contributed by atoms with Crippen LogP contribution in [0.3, 0.4) is 0 Å². The molecule has 0 aliphatic heterocycles. The summed E-state index contributed by atoms with van der Waals surface area (Å²) in [6.45, 7) is 4.94. The maximum Gasteiger partial charge on any atom is 0.123 e. The highest BCUT2D eigenvalue weighted by molar-refractivity contribution is 5.20. The molecule has 0 saturated carbocycles. The number of hydrogen-bond donors (Lipinski definition) is 1. The van der Waals surface area contributed by atoms with Crippen molar-refractivity contribution in [3.05, 3.63) is 35.6 Å². The number of hydrogen-bond acceptors (Lipinski definition) is 2. The summed E-state index contributed by atoms with van der Waals surface area (Å²) in [6.07, 6.45) is 0.255. The van der Waals surface area contributed by atoms with Crippen LogP contribution in [0.4, 0.5) is 4.39 Å². The Morgan fingerprint density at radius 3 is 2.50 bits per heavy atom. The summed E-state index contributed by atoms with van der Waals surface area (Å²) < 4.78 is 13.0. The van der Waals surface area contributed by atoms with Crippen LogP contribution in [0.1, 0.15) is 26.3 Å². The zero-order valence-corrected chi connectivity index (χ0v) is 9.79. The number of aliphatic hydroxyl groups is 1. The first-order valence-corrected chi connectivity index (χ1v) is 5.16. The van der Waals surface area contributed by atoms with Gasteiger partial charge in [0.2, 0.25) is 0 Å². The number of rotatable bonds is 3. The first-order valence-electron chi connectivity index (χ1n) is 5.16. The SMILES string of the molecule is CC(C)(C#N)C(C)(O)Cc1cccc(F)c1. The maximum absolute atomic E-state index is 13.0. The van der Waals surface area contributed by atoms with Gasteiger partial charge in [-0.1, -0.05) is 12.1 Å². The molecule has 1 atom stereocenters. The summed E-state index contributed by atoms with van der Waals surface area (Å²) >= 11 is 0. The van der Waals surface area contributed by atoms with Gasteiger partial charge in [0.25, 0.3) is 0 Å². The van der Waals surface area contributed by atoms with E-state index in [0.717, 1.165) is 0 Å². The Morgan fingerprint density at radius 2 is 2.00 bits per heavy atom. The van der Waals surface area contributed by atoms with Gasteiger partial charge in [0.1, 0.15) is 5.82 Å². The molecule has 1 aromatic rings. The second-order valence-electron chi connectivity index (χ2n) is 4.82. The summed E-state index contributed by atoms with van der Waals surface area (Å²) in [5, 5.41) is 19.2. The minimum absolute atomic E-state index is 0.255. The number of benzene rings is 1. The lowest BCUT2D eigenvalue weighted by Crippen LogP contribution is -2.42.